The Morgan fingerprint density at radius 1 is 0.200 bits per heavy atom. The van der Waals surface area contributed by atoms with E-state index in [0.29, 0.717) is 0 Å². The van der Waals surface area contributed by atoms with Gasteiger partial charge in [0.05, 0.1) is 0 Å². The van der Waals surface area contributed by atoms with Crippen LogP contribution < -0.4 is 0 Å². The van der Waals surface area contributed by atoms with Crippen LogP contribution in [0.5, 0.6) is 0 Å². The molecule has 0 aliphatic heterocycles. The fourth-order valence-electron chi connectivity index (χ4n) is 7.85. The van der Waals surface area contributed by atoms with Crippen LogP contribution in [0.15, 0.2) is 194 Å². The number of hydrogen-bond donors (Lipinski definition) is 0. The molecule has 10 aromatic rings. The predicted octanol–water partition coefficient (Wildman–Crippen LogP) is 14.1. The minimum Gasteiger partial charge on any atom is -0.0622 e. The lowest BCUT2D eigenvalue weighted by Crippen LogP contribution is -1.91. The summed E-state index contributed by atoms with van der Waals surface area (Å²) in [6.07, 6.45) is 0. The van der Waals surface area contributed by atoms with Gasteiger partial charge in [-0.05, 0) is 111 Å². The Morgan fingerprint density at radius 3 is 1.16 bits per heavy atom. The Hall–Kier alpha value is -6.50. The standard InChI is InChI=1S/C50H32/c1-2-7-33(8-3-1)35-13-15-36(16-14-35)37-17-22-39(23-18-37)47-32-48(46-30-28-42-12-6-11-41-27-29-45(47)50(46)49(41)42)40-24-19-38(20-25-40)44-26-21-34-9-4-5-10-43(34)31-44/h1-32H. The molecule has 0 heterocycles. The van der Waals surface area contributed by atoms with Gasteiger partial charge in [-0.15, -0.1) is 0 Å². The van der Waals surface area contributed by atoms with Gasteiger partial charge < -0.3 is 0 Å². The highest BCUT2D eigenvalue weighted by atomic mass is 14.2. The van der Waals surface area contributed by atoms with Gasteiger partial charge in [0.1, 0.15) is 0 Å². The van der Waals surface area contributed by atoms with Crippen LogP contribution in [-0.2, 0) is 0 Å². The minimum absolute atomic E-state index is 1.22. The monoisotopic (exact) mass is 632 g/mol. The van der Waals surface area contributed by atoms with E-state index in [-0.39, 0.29) is 0 Å². The Labute approximate surface area is 291 Å². The first-order chi connectivity index (χ1) is 24.8. The molecule has 0 spiro atoms. The van der Waals surface area contributed by atoms with Gasteiger partial charge in [0.25, 0.3) is 0 Å². The molecule has 0 atom stereocenters. The van der Waals surface area contributed by atoms with E-state index < -0.39 is 0 Å². The predicted molar refractivity (Wildman–Crippen MR) is 215 cm³/mol. The van der Waals surface area contributed by atoms with Gasteiger partial charge >= 0.3 is 0 Å². The Balaban J connectivity index is 1.09. The third-order valence-corrected chi connectivity index (χ3v) is 10.4. The van der Waals surface area contributed by atoms with Crippen LogP contribution in [0.3, 0.4) is 0 Å². The second-order valence-corrected chi connectivity index (χ2v) is 13.3. The molecule has 0 saturated carbocycles. The average Bonchev–Trinajstić information content (AvgIpc) is 3.20. The SMILES string of the molecule is c1ccc(-c2ccc(-c3ccc(-c4cc(-c5ccc(-c6ccc7ccccc7c6)cc5)c5ccc6cccc7ccc4c5c76)cc3)cc2)cc1. The second-order valence-electron chi connectivity index (χ2n) is 13.3. The van der Waals surface area contributed by atoms with Gasteiger partial charge in [-0.25, -0.2) is 0 Å². The van der Waals surface area contributed by atoms with Gasteiger partial charge in [0, 0.05) is 0 Å². The number of fused-ring (bicyclic) bond motifs is 1. The first-order valence-corrected chi connectivity index (χ1v) is 17.3. The highest BCUT2D eigenvalue weighted by Gasteiger charge is 2.17. The number of hydrogen-bond acceptors (Lipinski definition) is 0. The molecule has 0 aliphatic rings. The van der Waals surface area contributed by atoms with Crippen LogP contribution in [0.4, 0.5) is 0 Å². The summed E-state index contributed by atoms with van der Waals surface area (Å²) in [4.78, 5) is 0. The van der Waals surface area contributed by atoms with E-state index in [1.807, 2.05) is 0 Å². The van der Waals surface area contributed by atoms with Crippen molar-refractivity contribution in [1.29, 1.82) is 0 Å². The molecule has 232 valence electrons. The summed E-state index contributed by atoms with van der Waals surface area (Å²) in [5, 5.41) is 10.4. The summed E-state index contributed by atoms with van der Waals surface area (Å²) in [5.41, 5.74) is 12.3. The lowest BCUT2D eigenvalue weighted by atomic mass is 9.85. The number of benzene rings is 10. The van der Waals surface area contributed by atoms with Gasteiger partial charge in [-0.3, -0.25) is 0 Å². The van der Waals surface area contributed by atoms with Gasteiger partial charge in [-0.1, -0.05) is 182 Å². The fourth-order valence-corrected chi connectivity index (χ4v) is 7.85. The zero-order valence-corrected chi connectivity index (χ0v) is 27.5. The van der Waals surface area contributed by atoms with Gasteiger partial charge in [0.2, 0.25) is 0 Å². The van der Waals surface area contributed by atoms with Gasteiger partial charge in [0.15, 0.2) is 0 Å². The summed E-state index contributed by atoms with van der Waals surface area (Å²) in [6.45, 7) is 0. The quantitative estimate of drug-likeness (QED) is 0.166. The Morgan fingerprint density at radius 2 is 0.600 bits per heavy atom. The molecule has 10 aromatic carbocycles. The van der Waals surface area contributed by atoms with Gasteiger partial charge in [-0.2, -0.15) is 0 Å². The molecule has 0 aliphatic carbocycles. The molecule has 0 fully saturated rings. The van der Waals surface area contributed by atoms with E-state index in [9.17, 15) is 0 Å². The summed E-state index contributed by atoms with van der Waals surface area (Å²) < 4.78 is 0. The molecule has 0 saturated heterocycles. The smallest absolute Gasteiger partial charge is 0.00143 e. The third kappa shape index (κ3) is 4.77. The van der Waals surface area contributed by atoms with E-state index >= 15 is 0 Å². The molecule has 0 bridgehead atoms. The van der Waals surface area contributed by atoms with Crippen molar-refractivity contribution in [2.45, 2.75) is 0 Å². The van der Waals surface area contributed by atoms with Crippen LogP contribution in [0, 0.1) is 0 Å². The van der Waals surface area contributed by atoms with E-state index in [2.05, 4.69) is 194 Å². The van der Waals surface area contributed by atoms with Crippen molar-refractivity contribution < 1.29 is 0 Å². The van der Waals surface area contributed by atoms with Crippen molar-refractivity contribution in [2.75, 3.05) is 0 Å². The molecule has 0 unspecified atom stereocenters. The van der Waals surface area contributed by atoms with E-state index in [0.717, 1.165) is 0 Å². The molecule has 0 amide bonds. The van der Waals surface area contributed by atoms with E-state index in [1.54, 1.807) is 0 Å². The van der Waals surface area contributed by atoms with Crippen molar-refractivity contribution >= 4 is 43.1 Å². The zero-order valence-electron chi connectivity index (χ0n) is 27.5. The van der Waals surface area contributed by atoms with Crippen LogP contribution >= 0.6 is 0 Å². The average molecular weight is 633 g/mol. The lowest BCUT2D eigenvalue weighted by Gasteiger charge is -2.18. The van der Waals surface area contributed by atoms with Crippen LogP contribution in [0.2, 0.25) is 0 Å². The molecule has 0 N–H and O–H groups in total. The molecule has 0 heteroatoms. The normalized spacial score (nSPS) is 11.6. The molecular formula is C50H32. The lowest BCUT2D eigenvalue weighted by molar-refractivity contribution is 1.58. The first kappa shape index (κ1) is 28.5. The zero-order chi connectivity index (χ0) is 33.0. The van der Waals surface area contributed by atoms with Crippen molar-refractivity contribution in [2.24, 2.45) is 0 Å². The topological polar surface area (TPSA) is 0 Å². The maximum absolute atomic E-state index is 2.41. The third-order valence-electron chi connectivity index (χ3n) is 10.4. The highest BCUT2D eigenvalue weighted by molar-refractivity contribution is 6.28. The Kier molecular flexibility index (Phi) is 6.60. The van der Waals surface area contributed by atoms with Crippen molar-refractivity contribution in [3.05, 3.63) is 194 Å². The molecular weight excluding hydrogens is 601 g/mol. The molecule has 0 nitrogen and oxygen atoms in total. The summed E-state index contributed by atoms with van der Waals surface area (Å²) in [6, 6.07) is 71.3. The summed E-state index contributed by atoms with van der Waals surface area (Å²) >= 11 is 0. The van der Waals surface area contributed by atoms with Crippen LogP contribution in [0.25, 0.3) is 98.7 Å². The number of rotatable bonds is 5. The van der Waals surface area contributed by atoms with E-state index in [4.69, 9.17) is 0 Å². The molecule has 0 aromatic heterocycles. The van der Waals surface area contributed by atoms with Crippen LogP contribution in [0.1, 0.15) is 0 Å². The summed E-state index contributed by atoms with van der Waals surface area (Å²) in [7, 11) is 0. The minimum atomic E-state index is 1.22. The van der Waals surface area contributed by atoms with Crippen molar-refractivity contribution in [3.8, 4) is 55.6 Å². The highest BCUT2D eigenvalue weighted by Crippen LogP contribution is 2.44. The second kappa shape index (κ2) is 11.6. The first-order valence-electron chi connectivity index (χ1n) is 17.3. The molecule has 0 radical (unpaired) electrons. The van der Waals surface area contributed by atoms with E-state index in [1.165, 1.54) is 98.7 Å². The largest absolute Gasteiger partial charge is 0.0622 e. The van der Waals surface area contributed by atoms with Crippen molar-refractivity contribution in [3.63, 3.8) is 0 Å². The Bertz CT molecular complexity index is 2790. The molecule has 50 heavy (non-hydrogen) atoms. The summed E-state index contributed by atoms with van der Waals surface area (Å²) in [5.74, 6) is 0. The maximum atomic E-state index is 2.41. The van der Waals surface area contributed by atoms with Crippen LogP contribution in [-0.4, -0.2) is 0 Å². The maximum Gasteiger partial charge on any atom is -0.00143 e. The van der Waals surface area contributed by atoms with Crippen molar-refractivity contribution in [1.82, 2.24) is 0 Å². The fraction of sp³-hybridized carbons (Fsp3) is 0. The molecule has 10 rings (SSSR count).